The Hall–Kier alpha value is -2.25. The molecule has 0 spiro atoms. The number of nitrogens with zero attached hydrogens (tertiary/aromatic N) is 2. The zero-order valence-electron chi connectivity index (χ0n) is 14.8. The topological polar surface area (TPSA) is 91.9 Å². The van der Waals surface area contributed by atoms with E-state index in [9.17, 15) is 4.79 Å². The molecule has 0 radical (unpaired) electrons. The molecule has 0 bridgehead atoms. The molecule has 3 rings (SSSR count). The van der Waals surface area contributed by atoms with E-state index in [1.165, 1.54) is 0 Å². The third kappa shape index (κ3) is 4.24. The summed E-state index contributed by atoms with van der Waals surface area (Å²) in [5, 5.41) is 13.4. The molecule has 0 aliphatic carbocycles. The molecule has 0 atom stereocenters. The number of carbonyl (C=O) groups excluding carboxylic acids is 1. The van der Waals surface area contributed by atoms with Crippen LogP contribution in [0.3, 0.4) is 0 Å². The minimum Gasteiger partial charge on any atom is -0.384 e. The van der Waals surface area contributed by atoms with Gasteiger partial charge in [-0.25, -0.2) is 4.98 Å². The van der Waals surface area contributed by atoms with Gasteiger partial charge in [-0.05, 0) is 45.0 Å². The Kier molecular flexibility index (Phi) is 5.45. The first-order valence-electron chi connectivity index (χ1n) is 8.59. The van der Waals surface area contributed by atoms with Crippen LogP contribution in [0, 0.1) is 12.3 Å². The summed E-state index contributed by atoms with van der Waals surface area (Å²) in [4.78, 5) is 16.9. The Morgan fingerprint density at radius 1 is 1.36 bits per heavy atom. The molecule has 25 heavy (non-hydrogen) atoms. The van der Waals surface area contributed by atoms with Crippen molar-refractivity contribution in [2.75, 3.05) is 33.4 Å². The number of hydrogen-bond donors (Lipinski definition) is 3. The van der Waals surface area contributed by atoms with Crippen LogP contribution in [0.25, 0.3) is 11.4 Å². The van der Waals surface area contributed by atoms with Crippen LogP contribution in [0.15, 0.2) is 24.3 Å². The number of H-pyrrole nitrogens is 1. The number of aromatic nitrogens is 3. The number of benzene rings is 1. The molecule has 1 amide bonds. The third-order valence-electron chi connectivity index (χ3n) is 4.72. The Morgan fingerprint density at radius 2 is 2.16 bits per heavy atom. The second-order valence-electron chi connectivity index (χ2n) is 6.69. The smallest absolute Gasteiger partial charge is 0.251 e. The van der Waals surface area contributed by atoms with Crippen LogP contribution in [0.5, 0.6) is 0 Å². The Balaban J connectivity index is 1.68. The highest BCUT2D eigenvalue weighted by Gasteiger charge is 2.32. The van der Waals surface area contributed by atoms with Gasteiger partial charge in [-0.1, -0.05) is 12.1 Å². The third-order valence-corrected chi connectivity index (χ3v) is 4.72. The van der Waals surface area contributed by atoms with E-state index < -0.39 is 0 Å². The summed E-state index contributed by atoms with van der Waals surface area (Å²) in [6.07, 6.45) is 2.00. The van der Waals surface area contributed by atoms with Crippen molar-refractivity contribution in [3.05, 3.63) is 35.7 Å². The highest BCUT2D eigenvalue weighted by atomic mass is 16.5. The van der Waals surface area contributed by atoms with Crippen LogP contribution in [0.1, 0.15) is 29.0 Å². The highest BCUT2D eigenvalue weighted by molar-refractivity contribution is 5.95. The number of ether oxygens (including phenoxy) is 1. The van der Waals surface area contributed by atoms with E-state index in [0.29, 0.717) is 24.5 Å². The van der Waals surface area contributed by atoms with Gasteiger partial charge in [0.1, 0.15) is 5.82 Å². The van der Waals surface area contributed by atoms with Gasteiger partial charge in [-0.3, -0.25) is 9.89 Å². The minimum absolute atomic E-state index is 0.00807. The monoisotopic (exact) mass is 343 g/mol. The summed E-state index contributed by atoms with van der Waals surface area (Å²) >= 11 is 0. The molecular weight excluding hydrogens is 318 g/mol. The molecule has 2 aromatic rings. The van der Waals surface area contributed by atoms with E-state index >= 15 is 0 Å². The molecule has 3 N–H and O–H groups in total. The van der Waals surface area contributed by atoms with Crippen molar-refractivity contribution in [2.45, 2.75) is 19.8 Å². The van der Waals surface area contributed by atoms with E-state index in [2.05, 4.69) is 25.8 Å². The van der Waals surface area contributed by atoms with Crippen molar-refractivity contribution < 1.29 is 9.53 Å². The van der Waals surface area contributed by atoms with Crippen LogP contribution in [-0.4, -0.2) is 54.4 Å². The predicted molar refractivity (Wildman–Crippen MR) is 95.3 cm³/mol. The van der Waals surface area contributed by atoms with Gasteiger partial charge in [0.25, 0.3) is 5.91 Å². The molecule has 7 heteroatoms. The number of nitrogens with one attached hydrogen (secondary N) is 3. The molecule has 0 saturated carbocycles. The lowest BCUT2D eigenvalue weighted by atomic mass is 9.79. The van der Waals surface area contributed by atoms with Crippen molar-refractivity contribution in [2.24, 2.45) is 5.41 Å². The standard InChI is InChI=1S/C18H25N5O2/c1-13-21-16(23-22-13)14-4-3-5-15(10-14)17(24)20-11-18(12-25-2)6-8-19-9-7-18/h3-5,10,19H,6-9,11-12H2,1-2H3,(H,20,24)(H,21,22,23). The maximum atomic E-state index is 12.6. The van der Waals surface area contributed by atoms with Crippen LogP contribution in [-0.2, 0) is 4.74 Å². The summed E-state index contributed by atoms with van der Waals surface area (Å²) in [5.41, 5.74) is 1.45. The largest absolute Gasteiger partial charge is 0.384 e. The lowest BCUT2D eigenvalue weighted by Crippen LogP contribution is -2.47. The summed E-state index contributed by atoms with van der Waals surface area (Å²) in [7, 11) is 1.72. The maximum Gasteiger partial charge on any atom is 0.251 e. The maximum absolute atomic E-state index is 12.6. The molecule has 134 valence electrons. The van der Waals surface area contributed by atoms with Crippen molar-refractivity contribution in [1.29, 1.82) is 0 Å². The molecule has 0 unspecified atom stereocenters. The lowest BCUT2D eigenvalue weighted by molar-refractivity contribution is 0.0512. The first-order chi connectivity index (χ1) is 12.1. The molecule has 1 saturated heterocycles. The van der Waals surface area contributed by atoms with E-state index in [1.807, 2.05) is 31.2 Å². The van der Waals surface area contributed by atoms with Crippen LogP contribution < -0.4 is 10.6 Å². The summed E-state index contributed by atoms with van der Waals surface area (Å²) < 4.78 is 5.40. The van der Waals surface area contributed by atoms with E-state index in [0.717, 1.165) is 37.3 Å². The van der Waals surface area contributed by atoms with Gasteiger partial charge in [0.05, 0.1) is 6.61 Å². The van der Waals surface area contributed by atoms with Crippen molar-refractivity contribution >= 4 is 5.91 Å². The average molecular weight is 343 g/mol. The molecule has 1 aliphatic rings. The SMILES string of the molecule is COCC1(CNC(=O)c2cccc(-c3n[nH]c(C)n3)c2)CCNCC1. The van der Waals surface area contributed by atoms with Gasteiger partial charge in [0.15, 0.2) is 5.82 Å². The van der Waals surface area contributed by atoms with Gasteiger partial charge in [-0.15, -0.1) is 0 Å². The van der Waals surface area contributed by atoms with Crippen LogP contribution >= 0.6 is 0 Å². The summed E-state index contributed by atoms with van der Waals surface area (Å²) in [6.45, 7) is 5.04. The minimum atomic E-state index is -0.0804. The Morgan fingerprint density at radius 3 is 2.84 bits per heavy atom. The quantitative estimate of drug-likeness (QED) is 0.740. The molecule has 7 nitrogen and oxygen atoms in total. The number of piperidine rings is 1. The lowest BCUT2D eigenvalue weighted by Gasteiger charge is -2.37. The van der Waals surface area contributed by atoms with Gasteiger partial charge in [-0.2, -0.15) is 5.10 Å². The predicted octanol–water partition coefficient (Wildman–Crippen LogP) is 1.53. The molecule has 1 aromatic heterocycles. The van der Waals surface area contributed by atoms with Gasteiger partial charge in [0.2, 0.25) is 0 Å². The van der Waals surface area contributed by atoms with E-state index in [4.69, 9.17) is 4.74 Å². The van der Waals surface area contributed by atoms with E-state index in [1.54, 1.807) is 7.11 Å². The fourth-order valence-corrected chi connectivity index (χ4v) is 3.28. The highest BCUT2D eigenvalue weighted by Crippen LogP contribution is 2.28. The molecule has 1 fully saturated rings. The fraction of sp³-hybridized carbons (Fsp3) is 0.500. The summed E-state index contributed by atoms with van der Waals surface area (Å²) in [5.74, 6) is 1.27. The molecular formula is C18H25N5O2. The van der Waals surface area contributed by atoms with Gasteiger partial charge >= 0.3 is 0 Å². The second-order valence-corrected chi connectivity index (χ2v) is 6.69. The van der Waals surface area contributed by atoms with Crippen molar-refractivity contribution in [3.63, 3.8) is 0 Å². The number of rotatable bonds is 6. The fourth-order valence-electron chi connectivity index (χ4n) is 3.28. The Labute approximate surface area is 147 Å². The number of amides is 1. The van der Waals surface area contributed by atoms with Crippen LogP contribution in [0.2, 0.25) is 0 Å². The number of methoxy groups -OCH3 is 1. The second kappa shape index (κ2) is 7.76. The van der Waals surface area contributed by atoms with Gasteiger partial charge < -0.3 is 15.4 Å². The number of aryl methyl sites for hydroxylation is 1. The first-order valence-corrected chi connectivity index (χ1v) is 8.59. The first kappa shape index (κ1) is 17.6. The molecule has 1 aromatic carbocycles. The number of hydrogen-bond acceptors (Lipinski definition) is 5. The summed E-state index contributed by atoms with van der Waals surface area (Å²) in [6, 6.07) is 7.39. The zero-order valence-corrected chi connectivity index (χ0v) is 14.8. The van der Waals surface area contributed by atoms with Crippen LogP contribution in [0.4, 0.5) is 0 Å². The number of aromatic amines is 1. The van der Waals surface area contributed by atoms with Crippen molar-refractivity contribution in [1.82, 2.24) is 25.8 Å². The average Bonchev–Trinajstić information content (AvgIpc) is 3.07. The molecule has 1 aliphatic heterocycles. The number of carbonyl (C=O) groups is 1. The van der Waals surface area contributed by atoms with E-state index in [-0.39, 0.29) is 11.3 Å². The Bertz CT molecular complexity index is 716. The normalized spacial score (nSPS) is 16.6. The molecule has 2 heterocycles. The van der Waals surface area contributed by atoms with Crippen molar-refractivity contribution in [3.8, 4) is 11.4 Å². The van der Waals surface area contributed by atoms with Gasteiger partial charge in [0, 0.05) is 30.2 Å². The zero-order chi connectivity index (χ0) is 17.7.